The molecule has 0 bridgehead atoms. The van der Waals surface area contributed by atoms with E-state index in [0.29, 0.717) is 17.5 Å². The molecule has 0 aromatic heterocycles. The summed E-state index contributed by atoms with van der Waals surface area (Å²) in [5, 5.41) is 2.61. The normalized spacial score (nSPS) is 10.2. The summed E-state index contributed by atoms with van der Waals surface area (Å²) in [5.41, 5.74) is 0.209. The van der Waals surface area contributed by atoms with Crippen molar-refractivity contribution in [3.8, 4) is 5.75 Å². The zero-order valence-corrected chi connectivity index (χ0v) is 13.2. The highest BCUT2D eigenvalue weighted by Crippen LogP contribution is 2.17. The molecule has 0 atom stereocenters. The third-order valence-corrected chi connectivity index (χ3v) is 3.24. The Hall–Kier alpha value is -2.96. The van der Waals surface area contributed by atoms with Gasteiger partial charge in [-0.05, 0) is 24.3 Å². The standard InChI is InChI=1S/C17H16F2N2O3/c1-21(17(23)14-7-6-11(18)8-15(14)19)10-16(22)20-12-4-3-5-13(9-12)24-2/h3-9H,10H2,1-2H3,(H,20,22). The van der Waals surface area contributed by atoms with Crippen LogP contribution in [0.15, 0.2) is 42.5 Å². The second kappa shape index (κ2) is 7.54. The molecule has 0 spiro atoms. The van der Waals surface area contributed by atoms with Crippen LogP contribution in [0.4, 0.5) is 14.5 Å². The van der Waals surface area contributed by atoms with Crippen molar-refractivity contribution in [3.05, 3.63) is 59.7 Å². The van der Waals surface area contributed by atoms with Crippen LogP contribution in [0, 0.1) is 11.6 Å². The van der Waals surface area contributed by atoms with E-state index < -0.39 is 23.4 Å². The Balaban J connectivity index is 2.01. The second-order valence-electron chi connectivity index (χ2n) is 5.07. The first-order valence-electron chi connectivity index (χ1n) is 7.05. The van der Waals surface area contributed by atoms with Crippen LogP contribution in [0.3, 0.4) is 0 Å². The molecule has 0 saturated heterocycles. The number of carbonyl (C=O) groups excluding carboxylic acids is 2. The molecule has 24 heavy (non-hydrogen) atoms. The average molecular weight is 334 g/mol. The summed E-state index contributed by atoms with van der Waals surface area (Å²) in [6.07, 6.45) is 0. The summed E-state index contributed by atoms with van der Waals surface area (Å²) in [6, 6.07) is 9.38. The van der Waals surface area contributed by atoms with Crippen molar-refractivity contribution >= 4 is 17.5 Å². The third-order valence-electron chi connectivity index (χ3n) is 3.24. The van der Waals surface area contributed by atoms with Gasteiger partial charge in [0.25, 0.3) is 5.91 Å². The molecule has 0 fully saturated rings. The van der Waals surface area contributed by atoms with E-state index in [-0.39, 0.29) is 12.1 Å². The second-order valence-corrected chi connectivity index (χ2v) is 5.07. The summed E-state index contributed by atoms with van der Waals surface area (Å²) < 4.78 is 31.6. The number of carbonyl (C=O) groups is 2. The quantitative estimate of drug-likeness (QED) is 0.915. The van der Waals surface area contributed by atoms with Crippen LogP contribution in [0.2, 0.25) is 0 Å². The number of rotatable bonds is 5. The molecule has 2 aromatic carbocycles. The zero-order chi connectivity index (χ0) is 17.7. The fourth-order valence-corrected chi connectivity index (χ4v) is 2.06. The molecule has 126 valence electrons. The van der Waals surface area contributed by atoms with Crippen molar-refractivity contribution < 1.29 is 23.1 Å². The molecule has 0 aliphatic rings. The van der Waals surface area contributed by atoms with Crippen molar-refractivity contribution in [3.63, 3.8) is 0 Å². The van der Waals surface area contributed by atoms with Gasteiger partial charge in [-0.25, -0.2) is 8.78 Å². The lowest BCUT2D eigenvalue weighted by molar-refractivity contribution is -0.116. The number of hydrogen-bond donors (Lipinski definition) is 1. The third kappa shape index (κ3) is 4.28. The Morgan fingerprint density at radius 2 is 1.92 bits per heavy atom. The molecule has 0 radical (unpaired) electrons. The Labute approximate surface area is 137 Å². The first kappa shape index (κ1) is 17.4. The summed E-state index contributed by atoms with van der Waals surface area (Å²) >= 11 is 0. The number of anilines is 1. The lowest BCUT2D eigenvalue weighted by atomic mass is 10.2. The first-order chi connectivity index (χ1) is 11.4. The molecule has 0 aliphatic heterocycles. The molecule has 1 N–H and O–H groups in total. The van der Waals surface area contributed by atoms with Gasteiger partial charge in [-0.3, -0.25) is 9.59 Å². The molecule has 0 saturated carbocycles. The molecular weight excluding hydrogens is 318 g/mol. The number of hydrogen-bond acceptors (Lipinski definition) is 3. The van der Waals surface area contributed by atoms with Crippen molar-refractivity contribution in [1.82, 2.24) is 4.90 Å². The number of halogens is 2. The molecule has 2 rings (SSSR count). The van der Waals surface area contributed by atoms with Crippen LogP contribution in [-0.2, 0) is 4.79 Å². The maximum Gasteiger partial charge on any atom is 0.257 e. The SMILES string of the molecule is COc1cccc(NC(=O)CN(C)C(=O)c2ccc(F)cc2F)c1. The fraction of sp³-hybridized carbons (Fsp3) is 0.176. The lowest BCUT2D eigenvalue weighted by Gasteiger charge is -2.17. The molecule has 0 aliphatic carbocycles. The number of ether oxygens (including phenoxy) is 1. The monoisotopic (exact) mass is 334 g/mol. The largest absolute Gasteiger partial charge is 0.497 e. The van der Waals surface area contributed by atoms with E-state index in [4.69, 9.17) is 4.74 Å². The van der Waals surface area contributed by atoms with Crippen LogP contribution in [-0.4, -0.2) is 37.4 Å². The number of amides is 2. The van der Waals surface area contributed by atoms with E-state index in [1.54, 1.807) is 24.3 Å². The molecular formula is C17H16F2N2O3. The van der Waals surface area contributed by atoms with Crippen molar-refractivity contribution in [2.75, 3.05) is 26.0 Å². The van der Waals surface area contributed by atoms with Crippen LogP contribution in [0.5, 0.6) is 5.75 Å². The van der Waals surface area contributed by atoms with Gasteiger partial charge >= 0.3 is 0 Å². The smallest absolute Gasteiger partial charge is 0.257 e. The van der Waals surface area contributed by atoms with E-state index in [2.05, 4.69) is 5.32 Å². The molecule has 2 aromatic rings. The number of likely N-dealkylation sites (N-methyl/N-ethyl adjacent to an activating group) is 1. The van der Waals surface area contributed by atoms with Crippen molar-refractivity contribution in [1.29, 1.82) is 0 Å². The molecule has 0 unspecified atom stereocenters. The maximum atomic E-state index is 13.6. The molecule has 7 heteroatoms. The molecule has 5 nitrogen and oxygen atoms in total. The Kier molecular flexibility index (Phi) is 5.47. The Morgan fingerprint density at radius 3 is 2.58 bits per heavy atom. The van der Waals surface area contributed by atoms with Crippen LogP contribution < -0.4 is 10.1 Å². The van der Waals surface area contributed by atoms with Gasteiger partial charge in [-0.1, -0.05) is 6.07 Å². The van der Waals surface area contributed by atoms with E-state index in [9.17, 15) is 18.4 Å². The van der Waals surface area contributed by atoms with Crippen LogP contribution >= 0.6 is 0 Å². The van der Waals surface area contributed by atoms with Gasteiger partial charge < -0.3 is 15.0 Å². The predicted octanol–water partition coefficient (Wildman–Crippen LogP) is 2.68. The highest BCUT2D eigenvalue weighted by Gasteiger charge is 2.19. The van der Waals surface area contributed by atoms with Gasteiger partial charge in [0, 0.05) is 24.9 Å². The van der Waals surface area contributed by atoms with E-state index >= 15 is 0 Å². The van der Waals surface area contributed by atoms with Crippen molar-refractivity contribution in [2.45, 2.75) is 0 Å². The summed E-state index contributed by atoms with van der Waals surface area (Å²) in [5.74, 6) is -2.34. The lowest BCUT2D eigenvalue weighted by Crippen LogP contribution is -2.35. The van der Waals surface area contributed by atoms with Gasteiger partial charge in [0.15, 0.2) is 0 Å². The van der Waals surface area contributed by atoms with Gasteiger partial charge in [0.1, 0.15) is 17.4 Å². The van der Waals surface area contributed by atoms with Gasteiger partial charge in [-0.2, -0.15) is 0 Å². The van der Waals surface area contributed by atoms with E-state index in [0.717, 1.165) is 17.0 Å². The van der Waals surface area contributed by atoms with Crippen molar-refractivity contribution in [2.24, 2.45) is 0 Å². The fourth-order valence-electron chi connectivity index (χ4n) is 2.06. The number of benzene rings is 2. The topological polar surface area (TPSA) is 58.6 Å². The maximum absolute atomic E-state index is 13.6. The average Bonchev–Trinajstić information content (AvgIpc) is 2.54. The van der Waals surface area contributed by atoms with Crippen LogP contribution in [0.25, 0.3) is 0 Å². The first-order valence-corrected chi connectivity index (χ1v) is 7.05. The number of methoxy groups -OCH3 is 1. The summed E-state index contributed by atoms with van der Waals surface area (Å²) in [7, 11) is 2.86. The van der Waals surface area contributed by atoms with Gasteiger partial charge in [-0.15, -0.1) is 0 Å². The van der Waals surface area contributed by atoms with E-state index in [1.807, 2.05) is 0 Å². The predicted molar refractivity (Wildman–Crippen MR) is 84.9 cm³/mol. The van der Waals surface area contributed by atoms with E-state index in [1.165, 1.54) is 14.2 Å². The minimum Gasteiger partial charge on any atom is -0.497 e. The minimum absolute atomic E-state index is 0.285. The minimum atomic E-state index is -0.972. The zero-order valence-electron chi connectivity index (χ0n) is 13.2. The van der Waals surface area contributed by atoms with Gasteiger partial charge in [0.05, 0.1) is 19.2 Å². The summed E-state index contributed by atoms with van der Waals surface area (Å²) in [6.45, 7) is -0.285. The highest BCUT2D eigenvalue weighted by molar-refractivity contribution is 5.99. The highest BCUT2D eigenvalue weighted by atomic mass is 19.1. The molecule has 0 heterocycles. The number of nitrogens with one attached hydrogen (secondary N) is 1. The Bertz CT molecular complexity index is 765. The van der Waals surface area contributed by atoms with Crippen LogP contribution in [0.1, 0.15) is 10.4 Å². The number of nitrogens with zero attached hydrogens (tertiary/aromatic N) is 1. The van der Waals surface area contributed by atoms with Gasteiger partial charge in [0.2, 0.25) is 5.91 Å². The molecule has 2 amide bonds. The summed E-state index contributed by atoms with van der Waals surface area (Å²) in [4.78, 5) is 25.2. The Morgan fingerprint density at radius 1 is 1.17 bits per heavy atom.